The molecule has 2 amide bonds. The van der Waals surface area contributed by atoms with Gasteiger partial charge in [0.2, 0.25) is 0 Å². The predicted octanol–water partition coefficient (Wildman–Crippen LogP) is 4.07. The van der Waals surface area contributed by atoms with E-state index in [0.29, 0.717) is 11.7 Å². The molecule has 2 aliphatic rings. The number of aromatic nitrogens is 1. The Balaban J connectivity index is 1.65. The largest absolute Gasteiger partial charge is 0.346 e. The summed E-state index contributed by atoms with van der Waals surface area (Å²) in [4.78, 5) is 25.2. The molecule has 0 atom stereocenters. The zero-order chi connectivity index (χ0) is 19.0. The van der Waals surface area contributed by atoms with Gasteiger partial charge in [0.15, 0.2) is 0 Å². The van der Waals surface area contributed by atoms with Crippen LogP contribution in [0.5, 0.6) is 0 Å². The number of aryl methyl sites for hydroxylation is 1. The summed E-state index contributed by atoms with van der Waals surface area (Å²) in [7, 11) is 0. The number of para-hydroxylation sites is 1. The van der Waals surface area contributed by atoms with Crippen LogP contribution in [0.25, 0.3) is 6.08 Å². The first-order valence-electron chi connectivity index (χ1n) is 9.67. The zero-order valence-electron chi connectivity index (χ0n) is 15.9. The Morgan fingerprint density at radius 2 is 1.74 bits per heavy atom. The molecule has 2 fully saturated rings. The summed E-state index contributed by atoms with van der Waals surface area (Å²) in [5.74, 6) is -0.667. The number of nitrogens with zero attached hydrogens (tertiary/aromatic N) is 2. The molecule has 0 unspecified atom stereocenters. The molecular weight excluding hydrogens is 338 g/mol. The first-order valence-corrected chi connectivity index (χ1v) is 9.67. The SMILES string of the molecule is Cc1cc(/C=C2/C(=O)NN(c3ccccc3)C2=O)c(C)n1C1CCCCC1. The standard InChI is InChI=1S/C22H25N3O2/c1-15-13-17(16(2)24(15)18-9-5-3-6-10-18)14-20-21(26)23-25(22(20)27)19-11-7-4-8-12-19/h4,7-8,11-14,18H,3,5-6,9-10H2,1-2H3,(H,23,26)/b20-14-. The molecule has 2 aromatic rings. The topological polar surface area (TPSA) is 54.3 Å². The lowest BCUT2D eigenvalue weighted by Crippen LogP contribution is -2.35. The van der Waals surface area contributed by atoms with Gasteiger partial charge in [-0.15, -0.1) is 0 Å². The highest BCUT2D eigenvalue weighted by Crippen LogP contribution is 2.33. The van der Waals surface area contributed by atoms with Gasteiger partial charge in [0.1, 0.15) is 5.57 Å². The third-order valence-corrected chi connectivity index (χ3v) is 5.67. The second-order valence-corrected chi connectivity index (χ2v) is 7.46. The zero-order valence-corrected chi connectivity index (χ0v) is 15.9. The molecule has 1 N–H and O–H groups in total. The van der Waals surface area contributed by atoms with E-state index >= 15 is 0 Å². The molecule has 0 bridgehead atoms. The average Bonchev–Trinajstić information content (AvgIpc) is 3.13. The first-order chi connectivity index (χ1) is 13.1. The summed E-state index contributed by atoms with van der Waals surface area (Å²) in [6.07, 6.45) is 8.00. The number of amides is 2. The van der Waals surface area contributed by atoms with Crippen LogP contribution in [-0.4, -0.2) is 16.4 Å². The van der Waals surface area contributed by atoms with Crippen molar-refractivity contribution in [2.75, 3.05) is 5.01 Å². The van der Waals surface area contributed by atoms with Crippen LogP contribution in [0, 0.1) is 13.8 Å². The Labute approximate surface area is 159 Å². The van der Waals surface area contributed by atoms with Crippen molar-refractivity contribution in [3.05, 3.63) is 58.9 Å². The van der Waals surface area contributed by atoms with Crippen LogP contribution in [-0.2, 0) is 9.59 Å². The van der Waals surface area contributed by atoms with Crippen molar-refractivity contribution in [3.63, 3.8) is 0 Å². The number of hydrogen-bond donors (Lipinski definition) is 1. The Bertz CT molecular complexity index is 905. The summed E-state index contributed by atoms with van der Waals surface area (Å²) in [6, 6.07) is 11.8. The van der Waals surface area contributed by atoms with Crippen LogP contribution in [0.4, 0.5) is 5.69 Å². The normalized spacial score (nSPS) is 19.8. The maximum absolute atomic E-state index is 12.8. The number of benzene rings is 1. The van der Waals surface area contributed by atoms with E-state index in [9.17, 15) is 9.59 Å². The lowest BCUT2D eigenvalue weighted by atomic mass is 9.95. The fourth-order valence-electron chi connectivity index (χ4n) is 4.32. The fraction of sp³-hybridized carbons (Fsp3) is 0.364. The van der Waals surface area contributed by atoms with Crippen molar-refractivity contribution < 1.29 is 9.59 Å². The fourth-order valence-corrected chi connectivity index (χ4v) is 4.32. The molecule has 5 heteroatoms. The molecule has 1 aliphatic carbocycles. The highest BCUT2D eigenvalue weighted by Gasteiger charge is 2.34. The number of carbonyl (C=O) groups is 2. The third kappa shape index (κ3) is 3.18. The van der Waals surface area contributed by atoms with Crippen LogP contribution in [0.2, 0.25) is 0 Å². The van der Waals surface area contributed by atoms with E-state index in [4.69, 9.17) is 0 Å². The maximum Gasteiger partial charge on any atom is 0.282 e. The van der Waals surface area contributed by atoms with Gasteiger partial charge in [0.05, 0.1) is 5.69 Å². The number of anilines is 1. The van der Waals surface area contributed by atoms with Gasteiger partial charge < -0.3 is 4.57 Å². The summed E-state index contributed by atoms with van der Waals surface area (Å²) in [5, 5.41) is 1.31. The molecule has 1 saturated heterocycles. The molecule has 2 heterocycles. The molecule has 5 nitrogen and oxygen atoms in total. The molecule has 27 heavy (non-hydrogen) atoms. The van der Waals surface area contributed by atoms with Gasteiger partial charge in [-0.3, -0.25) is 15.0 Å². The van der Waals surface area contributed by atoms with E-state index < -0.39 is 0 Å². The minimum atomic E-state index is -0.355. The van der Waals surface area contributed by atoms with Gasteiger partial charge in [-0.2, -0.15) is 0 Å². The van der Waals surface area contributed by atoms with Crippen molar-refractivity contribution in [3.8, 4) is 0 Å². The number of carbonyl (C=O) groups excluding carboxylic acids is 2. The molecule has 140 valence electrons. The molecule has 1 aliphatic heterocycles. The quantitative estimate of drug-likeness (QED) is 0.660. The summed E-state index contributed by atoms with van der Waals surface area (Å²) < 4.78 is 2.39. The monoisotopic (exact) mass is 363 g/mol. The second kappa shape index (κ2) is 7.06. The number of hydrogen-bond acceptors (Lipinski definition) is 2. The van der Waals surface area contributed by atoms with E-state index in [1.807, 2.05) is 18.2 Å². The van der Waals surface area contributed by atoms with E-state index in [0.717, 1.165) is 11.3 Å². The number of rotatable bonds is 3. The molecule has 0 radical (unpaired) electrons. The maximum atomic E-state index is 12.8. The van der Waals surface area contributed by atoms with Crippen molar-refractivity contribution in [1.82, 2.24) is 9.99 Å². The van der Waals surface area contributed by atoms with Crippen LogP contribution in [0.15, 0.2) is 42.0 Å². The highest BCUT2D eigenvalue weighted by atomic mass is 16.2. The van der Waals surface area contributed by atoms with Gasteiger partial charge in [0.25, 0.3) is 11.8 Å². The Morgan fingerprint density at radius 3 is 2.44 bits per heavy atom. The van der Waals surface area contributed by atoms with Crippen LogP contribution in [0.3, 0.4) is 0 Å². The van der Waals surface area contributed by atoms with E-state index in [-0.39, 0.29) is 17.4 Å². The number of nitrogens with one attached hydrogen (secondary N) is 1. The molecule has 0 spiro atoms. The van der Waals surface area contributed by atoms with E-state index in [1.165, 1.54) is 42.8 Å². The van der Waals surface area contributed by atoms with Gasteiger partial charge in [0, 0.05) is 17.4 Å². The number of hydrazine groups is 1. The molecule has 4 rings (SSSR count). The highest BCUT2D eigenvalue weighted by molar-refractivity contribution is 6.31. The molecule has 1 aromatic heterocycles. The van der Waals surface area contributed by atoms with Gasteiger partial charge in [-0.05, 0) is 56.5 Å². The summed E-state index contributed by atoms with van der Waals surface area (Å²) >= 11 is 0. The summed E-state index contributed by atoms with van der Waals surface area (Å²) in [6.45, 7) is 4.19. The van der Waals surface area contributed by atoms with Crippen molar-refractivity contribution in [2.24, 2.45) is 0 Å². The lowest BCUT2D eigenvalue weighted by molar-refractivity contribution is -0.117. The van der Waals surface area contributed by atoms with Crippen molar-refractivity contribution >= 4 is 23.6 Å². The average molecular weight is 363 g/mol. The van der Waals surface area contributed by atoms with Crippen molar-refractivity contribution in [2.45, 2.75) is 52.0 Å². The Hall–Kier alpha value is -2.82. The van der Waals surface area contributed by atoms with Crippen LogP contribution >= 0.6 is 0 Å². The van der Waals surface area contributed by atoms with Gasteiger partial charge in [-0.25, -0.2) is 5.01 Å². The summed E-state index contributed by atoms with van der Waals surface area (Å²) in [5.41, 5.74) is 6.78. The molecule has 1 saturated carbocycles. The van der Waals surface area contributed by atoms with Crippen LogP contribution < -0.4 is 10.4 Å². The van der Waals surface area contributed by atoms with Crippen LogP contribution in [0.1, 0.15) is 55.1 Å². The molecule has 1 aromatic carbocycles. The minimum Gasteiger partial charge on any atom is -0.346 e. The van der Waals surface area contributed by atoms with Crippen molar-refractivity contribution in [1.29, 1.82) is 0 Å². The van der Waals surface area contributed by atoms with Gasteiger partial charge in [-0.1, -0.05) is 37.5 Å². The predicted molar refractivity (Wildman–Crippen MR) is 106 cm³/mol. The van der Waals surface area contributed by atoms with E-state index in [2.05, 4.69) is 29.9 Å². The third-order valence-electron chi connectivity index (χ3n) is 5.67. The molecular formula is C22H25N3O2. The lowest BCUT2D eigenvalue weighted by Gasteiger charge is -2.26. The minimum absolute atomic E-state index is 0.183. The Kier molecular flexibility index (Phi) is 4.60. The first kappa shape index (κ1) is 17.6. The smallest absolute Gasteiger partial charge is 0.282 e. The van der Waals surface area contributed by atoms with E-state index in [1.54, 1.807) is 18.2 Å². The van der Waals surface area contributed by atoms with Gasteiger partial charge >= 0.3 is 0 Å². The Morgan fingerprint density at radius 1 is 1.04 bits per heavy atom. The second-order valence-electron chi connectivity index (χ2n) is 7.46.